The molecule has 0 bridgehead atoms. The van der Waals surface area contributed by atoms with E-state index in [1.54, 1.807) is 13.0 Å². The maximum absolute atomic E-state index is 11.7. The lowest BCUT2D eigenvalue weighted by Crippen LogP contribution is -2.37. The molecule has 0 radical (unpaired) electrons. The predicted octanol–water partition coefficient (Wildman–Crippen LogP) is -0.395. The summed E-state index contributed by atoms with van der Waals surface area (Å²) in [4.78, 5) is 22.2. The number of amides is 2. The second-order valence-electron chi connectivity index (χ2n) is 3.56. The molecule has 0 spiro atoms. The van der Waals surface area contributed by atoms with Gasteiger partial charge < -0.3 is 5.32 Å². The highest BCUT2D eigenvalue weighted by molar-refractivity contribution is 7.89. The molecule has 0 aromatic rings. The van der Waals surface area contributed by atoms with Crippen LogP contribution in [0.1, 0.15) is 26.7 Å². The highest BCUT2D eigenvalue weighted by Gasteiger charge is 2.24. The van der Waals surface area contributed by atoms with Crippen LogP contribution >= 0.6 is 0 Å². The molecule has 1 N–H and O–H groups in total. The molecule has 0 fully saturated rings. The summed E-state index contributed by atoms with van der Waals surface area (Å²) in [5, 5.41) is 11.0. The molecule has 0 unspecified atom stereocenters. The zero-order valence-electron chi connectivity index (χ0n) is 10.5. The minimum absolute atomic E-state index is 0.0748. The van der Waals surface area contributed by atoms with Crippen LogP contribution in [-0.2, 0) is 19.6 Å². The Labute approximate surface area is 107 Å². The standard InChI is InChI=1S/C10H17N3O4S/c1-3-12-10(15)5-4-8-18(16,17)13(7-6-11)9(2)14/h3-5,7-8H2,1-2H3,(H,12,15). The van der Waals surface area contributed by atoms with Crippen LogP contribution in [0.3, 0.4) is 0 Å². The van der Waals surface area contributed by atoms with Gasteiger partial charge in [-0.15, -0.1) is 0 Å². The molecule has 0 saturated heterocycles. The quantitative estimate of drug-likeness (QED) is 0.636. The molecule has 0 aromatic heterocycles. The number of nitrogens with zero attached hydrogens (tertiary/aromatic N) is 2. The van der Waals surface area contributed by atoms with Gasteiger partial charge in [-0.1, -0.05) is 0 Å². The van der Waals surface area contributed by atoms with Crippen molar-refractivity contribution in [3.63, 3.8) is 0 Å². The zero-order valence-corrected chi connectivity index (χ0v) is 11.3. The third kappa shape index (κ3) is 5.63. The van der Waals surface area contributed by atoms with Gasteiger partial charge in [0.2, 0.25) is 21.8 Å². The van der Waals surface area contributed by atoms with Gasteiger partial charge in [-0.05, 0) is 13.3 Å². The minimum atomic E-state index is -3.81. The smallest absolute Gasteiger partial charge is 0.238 e. The molecular formula is C10H17N3O4S. The Hall–Kier alpha value is -1.62. The van der Waals surface area contributed by atoms with E-state index in [0.717, 1.165) is 6.92 Å². The molecule has 7 nitrogen and oxygen atoms in total. The van der Waals surface area contributed by atoms with Crippen molar-refractivity contribution in [2.75, 3.05) is 18.8 Å². The van der Waals surface area contributed by atoms with Gasteiger partial charge in [0.25, 0.3) is 0 Å². The molecule has 0 aromatic carbocycles. The fraction of sp³-hybridized carbons (Fsp3) is 0.700. The van der Waals surface area contributed by atoms with Crippen molar-refractivity contribution in [3.05, 3.63) is 0 Å². The van der Waals surface area contributed by atoms with Crippen LogP contribution in [0.25, 0.3) is 0 Å². The number of nitriles is 1. The van der Waals surface area contributed by atoms with Crippen molar-refractivity contribution in [2.45, 2.75) is 26.7 Å². The Morgan fingerprint density at radius 1 is 1.39 bits per heavy atom. The first-order chi connectivity index (χ1) is 8.35. The zero-order chi connectivity index (χ0) is 14.2. The first kappa shape index (κ1) is 16.4. The molecule has 0 aliphatic carbocycles. The number of hydrogen-bond acceptors (Lipinski definition) is 5. The van der Waals surface area contributed by atoms with Crippen LogP contribution < -0.4 is 5.32 Å². The summed E-state index contributed by atoms with van der Waals surface area (Å²) in [5.74, 6) is -1.26. The molecule has 0 aliphatic rings. The average Bonchev–Trinajstić information content (AvgIpc) is 2.25. The van der Waals surface area contributed by atoms with E-state index in [1.807, 2.05) is 0 Å². The van der Waals surface area contributed by atoms with E-state index in [2.05, 4.69) is 5.32 Å². The Balaban J connectivity index is 4.42. The van der Waals surface area contributed by atoms with Gasteiger partial charge in [-0.2, -0.15) is 5.26 Å². The largest absolute Gasteiger partial charge is 0.356 e. The summed E-state index contributed by atoms with van der Waals surface area (Å²) >= 11 is 0. The van der Waals surface area contributed by atoms with E-state index < -0.39 is 22.5 Å². The summed E-state index contributed by atoms with van der Waals surface area (Å²) in [6.07, 6.45) is 0.189. The van der Waals surface area contributed by atoms with Crippen LogP contribution in [-0.4, -0.2) is 43.4 Å². The maximum Gasteiger partial charge on any atom is 0.238 e. The van der Waals surface area contributed by atoms with Crippen molar-refractivity contribution in [1.29, 1.82) is 5.26 Å². The van der Waals surface area contributed by atoms with Crippen molar-refractivity contribution in [1.82, 2.24) is 9.62 Å². The van der Waals surface area contributed by atoms with Gasteiger partial charge in [0.05, 0.1) is 11.8 Å². The van der Waals surface area contributed by atoms with Crippen LogP contribution in [0.5, 0.6) is 0 Å². The molecule has 0 rings (SSSR count). The van der Waals surface area contributed by atoms with E-state index in [-0.39, 0.29) is 24.5 Å². The number of rotatable bonds is 7. The lowest BCUT2D eigenvalue weighted by atomic mass is 10.3. The van der Waals surface area contributed by atoms with E-state index in [9.17, 15) is 18.0 Å². The summed E-state index contributed by atoms with van der Waals surface area (Å²) in [5.41, 5.74) is 0. The summed E-state index contributed by atoms with van der Waals surface area (Å²) < 4.78 is 24.0. The fourth-order valence-electron chi connectivity index (χ4n) is 1.28. The van der Waals surface area contributed by atoms with Crippen molar-refractivity contribution in [2.24, 2.45) is 0 Å². The van der Waals surface area contributed by atoms with Gasteiger partial charge in [0.15, 0.2) is 0 Å². The van der Waals surface area contributed by atoms with Crippen molar-refractivity contribution >= 4 is 21.8 Å². The minimum Gasteiger partial charge on any atom is -0.356 e. The van der Waals surface area contributed by atoms with E-state index in [1.165, 1.54) is 0 Å². The summed E-state index contributed by atoms with van der Waals surface area (Å²) in [6.45, 7) is 2.83. The second kappa shape index (κ2) is 7.66. The average molecular weight is 275 g/mol. The summed E-state index contributed by atoms with van der Waals surface area (Å²) in [7, 11) is -3.81. The lowest BCUT2D eigenvalue weighted by Gasteiger charge is -2.17. The SMILES string of the molecule is CCNC(=O)CCCS(=O)(=O)N(CC#N)C(C)=O. The maximum atomic E-state index is 11.7. The Kier molecular flexibility index (Phi) is 6.97. The Morgan fingerprint density at radius 2 is 2.00 bits per heavy atom. The van der Waals surface area contributed by atoms with Crippen molar-refractivity contribution in [3.8, 4) is 6.07 Å². The molecule has 18 heavy (non-hydrogen) atoms. The topological polar surface area (TPSA) is 107 Å². The normalized spacial score (nSPS) is 10.5. The Morgan fingerprint density at radius 3 is 2.44 bits per heavy atom. The highest BCUT2D eigenvalue weighted by atomic mass is 32.2. The molecule has 8 heteroatoms. The molecule has 0 heterocycles. The fourth-order valence-corrected chi connectivity index (χ4v) is 2.66. The lowest BCUT2D eigenvalue weighted by molar-refractivity contribution is -0.123. The number of carbonyl (C=O) groups is 2. The summed E-state index contributed by atoms with van der Waals surface area (Å²) in [6, 6.07) is 1.62. The molecule has 0 aliphatic heterocycles. The molecule has 2 amide bonds. The molecule has 0 saturated carbocycles. The van der Waals surface area contributed by atoms with E-state index >= 15 is 0 Å². The monoisotopic (exact) mass is 275 g/mol. The van der Waals surface area contributed by atoms with Crippen molar-refractivity contribution < 1.29 is 18.0 Å². The predicted molar refractivity (Wildman–Crippen MR) is 64.7 cm³/mol. The first-order valence-corrected chi connectivity index (χ1v) is 7.10. The van der Waals surface area contributed by atoms with E-state index in [0.29, 0.717) is 10.8 Å². The molecule has 0 atom stereocenters. The van der Waals surface area contributed by atoms with Crippen LogP contribution in [0, 0.1) is 11.3 Å². The van der Waals surface area contributed by atoms with Gasteiger partial charge >= 0.3 is 0 Å². The second-order valence-corrected chi connectivity index (χ2v) is 5.57. The van der Waals surface area contributed by atoms with Gasteiger partial charge in [-0.25, -0.2) is 12.7 Å². The van der Waals surface area contributed by atoms with Gasteiger partial charge in [-0.3, -0.25) is 9.59 Å². The van der Waals surface area contributed by atoms with Crippen LogP contribution in [0.2, 0.25) is 0 Å². The highest BCUT2D eigenvalue weighted by Crippen LogP contribution is 2.05. The van der Waals surface area contributed by atoms with Crippen LogP contribution in [0.4, 0.5) is 0 Å². The number of sulfonamides is 1. The van der Waals surface area contributed by atoms with Crippen LogP contribution in [0.15, 0.2) is 0 Å². The number of carbonyl (C=O) groups excluding carboxylic acids is 2. The molecular weight excluding hydrogens is 258 g/mol. The first-order valence-electron chi connectivity index (χ1n) is 5.49. The van der Waals surface area contributed by atoms with E-state index in [4.69, 9.17) is 5.26 Å². The molecule has 102 valence electrons. The van der Waals surface area contributed by atoms with Gasteiger partial charge in [0.1, 0.15) is 6.54 Å². The third-order valence-electron chi connectivity index (χ3n) is 2.08. The van der Waals surface area contributed by atoms with Gasteiger partial charge in [0, 0.05) is 19.9 Å². The number of nitrogens with one attached hydrogen (secondary N) is 1. The third-order valence-corrected chi connectivity index (χ3v) is 3.94. The number of hydrogen-bond donors (Lipinski definition) is 1. The Bertz CT molecular complexity index is 439.